The molecule has 0 fully saturated rings. The highest BCUT2D eigenvalue weighted by atomic mass is 19.4. The van der Waals surface area contributed by atoms with Gasteiger partial charge in [-0.25, -0.2) is 4.79 Å². The summed E-state index contributed by atoms with van der Waals surface area (Å²) in [5, 5.41) is 8.69. The predicted octanol–water partition coefficient (Wildman–Crippen LogP) is 2.21. The molecule has 7 heteroatoms. The molecule has 0 atom stereocenters. The van der Waals surface area contributed by atoms with Crippen molar-refractivity contribution >= 4 is 11.9 Å². The standard InChI is InChI=1S/C11H16F3NO3/c1-4-5-15(6-11(12,13)14)9(16)7(2)8(3)10(17)18/h4-6H2,1-3H3,(H,17,18). The largest absolute Gasteiger partial charge is 0.478 e. The highest BCUT2D eigenvalue weighted by Crippen LogP contribution is 2.19. The highest BCUT2D eigenvalue weighted by Gasteiger charge is 2.33. The zero-order valence-electron chi connectivity index (χ0n) is 10.5. The second-order valence-corrected chi connectivity index (χ2v) is 3.90. The van der Waals surface area contributed by atoms with Crippen LogP contribution in [-0.4, -0.2) is 41.1 Å². The second kappa shape index (κ2) is 6.42. The summed E-state index contributed by atoms with van der Waals surface area (Å²) in [6.45, 7) is 2.60. The van der Waals surface area contributed by atoms with Gasteiger partial charge in [0.2, 0.25) is 5.91 Å². The first-order valence-corrected chi connectivity index (χ1v) is 5.37. The lowest BCUT2D eigenvalue weighted by atomic mass is 10.1. The number of hydrogen-bond donors (Lipinski definition) is 1. The van der Waals surface area contributed by atoms with Gasteiger partial charge >= 0.3 is 12.1 Å². The minimum absolute atomic E-state index is 0.0669. The molecular formula is C11H16F3NO3. The number of carbonyl (C=O) groups is 2. The van der Waals surface area contributed by atoms with Crippen molar-refractivity contribution in [2.45, 2.75) is 33.4 Å². The molecule has 0 aromatic heterocycles. The molecule has 0 aromatic rings. The van der Waals surface area contributed by atoms with E-state index in [0.717, 1.165) is 0 Å². The minimum Gasteiger partial charge on any atom is -0.478 e. The van der Waals surface area contributed by atoms with Crippen LogP contribution in [0.4, 0.5) is 13.2 Å². The lowest BCUT2D eigenvalue weighted by molar-refractivity contribution is -0.158. The van der Waals surface area contributed by atoms with Crippen LogP contribution in [0.15, 0.2) is 11.1 Å². The van der Waals surface area contributed by atoms with Crippen LogP contribution >= 0.6 is 0 Å². The fourth-order valence-corrected chi connectivity index (χ4v) is 1.30. The van der Waals surface area contributed by atoms with Gasteiger partial charge < -0.3 is 10.0 Å². The van der Waals surface area contributed by atoms with Gasteiger partial charge in [0.15, 0.2) is 0 Å². The molecule has 104 valence electrons. The number of rotatable bonds is 5. The molecule has 1 amide bonds. The van der Waals surface area contributed by atoms with Crippen molar-refractivity contribution in [3.63, 3.8) is 0 Å². The number of carboxylic acid groups (broad SMARTS) is 1. The van der Waals surface area contributed by atoms with Crippen LogP contribution < -0.4 is 0 Å². The molecule has 0 aliphatic carbocycles. The van der Waals surface area contributed by atoms with E-state index in [2.05, 4.69) is 0 Å². The molecule has 0 aromatic carbocycles. The number of carboxylic acids is 1. The Morgan fingerprint density at radius 2 is 1.67 bits per heavy atom. The van der Waals surface area contributed by atoms with Crippen molar-refractivity contribution in [2.75, 3.05) is 13.1 Å². The molecule has 0 bridgehead atoms. The predicted molar refractivity (Wildman–Crippen MR) is 58.9 cm³/mol. The van der Waals surface area contributed by atoms with Crippen molar-refractivity contribution in [2.24, 2.45) is 0 Å². The summed E-state index contributed by atoms with van der Waals surface area (Å²) in [7, 11) is 0. The summed E-state index contributed by atoms with van der Waals surface area (Å²) in [5.74, 6) is -2.21. The van der Waals surface area contributed by atoms with E-state index in [-0.39, 0.29) is 17.7 Å². The number of alkyl halides is 3. The second-order valence-electron chi connectivity index (χ2n) is 3.90. The third kappa shape index (κ3) is 5.20. The summed E-state index contributed by atoms with van der Waals surface area (Å²) in [6.07, 6.45) is -4.14. The Labute approximate surface area is 103 Å². The van der Waals surface area contributed by atoms with E-state index in [0.29, 0.717) is 11.3 Å². The maximum atomic E-state index is 12.3. The summed E-state index contributed by atoms with van der Waals surface area (Å²) < 4.78 is 36.9. The topological polar surface area (TPSA) is 57.6 Å². The van der Waals surface area contributed by atoms with Crippen molar-refractivity contribution in [1.82, 2.24) is 4.90 Å². The van der Waals surface area contributed by atoms with E-state index >= 15 is 0 Å². The minimum atomic E-state index is -4.50. The van der Waals surface area contributed by atoms with Crippen LogP contribution in [0.3, 0.4) is 0 Å². The number of amides is 1. The van der Waals surface area contributed by atoms with Crippen molar-refractivity contribution in [1.29, 1.82) is 0 Å². The number of halogens is 3. The third-order valence-electron chi connectivity index (χ3n) is 2.35. The monoisotopic (exact) mass is 267 g/mol. The summed E-state index contributed by atoms with van der Waals surface area (Å²) in [4.78, 5) is 23.0. The Balaban J connectivity index is 5.09. The van der Waals surface area contributed by atoms with E-state index < -0.39 is 24.6 Å². The average Bonchev–Trinajstić information content (AvgIpc) is 2.23. The smallest absolute Gasteiger partial charge is 0.406 e. The van der Waals surface area contributed by atoms with Gasteiger partial charge in [-0.05, 0) is 20.3 Å². The van der Waals surface area contributed by atoms with E-state index in [4.69, 9.17) is 5.11 Å². The Bertz CT molecular complexity index is 361. The Hall–Kier alpha value is -1.53. The normalized spacial score (nSPS) is 13.0. The summed E-state index contributed by atoms with van der Waals surface area (Å²) in [6, 6.07) is 0. The van der Waals surface area contributed by atoms with E-state index in [1.165, 1.54) is 13.8 Å². The van der Waals surface area contributed by atoms with Gasteiger partial charge in [0.25, 0.3) is 0 Å². The molecule has 18 heavy (non-hydrogen) atoms. The van der Waals surface area contributed by atoms with Crippen LogP contribution in [0.2, 0.25) is 0 Å². The van der Waals surface area contributed by atoms with E-state index in [1.54, 1.807) is 6.92 Å². The molecule has 0 unspecified atom stereocenters. The lowest BCUT2D eigenvalue weighted by Crippen LogP contribution is -2.40. The molecule has 1 N–H and O–H groups in total. The first kappa shape index (κ1) is 16.5. The number of nitrogens with zero attached hydrogens (tertiary/aromatic N) is 1. The van der Waals surface area contributed by atoms with Crippen molar-refractivity contribution in [3.8, 4) is 0 Å². The molecular weight excluding hydrogens is 251 g/mol. The average molecular weight is 267 g/mol. The fourth-order valence-electron chi connectivity index (χ4n) is 1.30. The molecule has 0 heterocycles. The van der Waals surface area contributed by atoms with Crippen LogP contribution in [0.25, 0.3) is 0 Å². The van der Waals surface area contributed by atoms with Crippen LogP contribution in [0, 0.1) is 0 Å². The van der Waals surface area contributed by atoms with Gasteiger partial charge in [-0.15, -0.1) is 0 Å². The van der Waals surface area contributed by atoms with Gasteiger partial charge in [-0.2, -0.15) is 13.2 Å². The highest BCUT2D eigenvalue weighted by molar-refractivity contribution is 6.01. The van der Waals surface area contributed by atoms with Gasteiger partial charge in [-0.3, -0.25) is 4.79 Å². The number of carbonyl (C=O) groups excluding carboxylic acids is 1. The molecule has 0 saturated carbocycles. The van der Waals surface area contributed by atoms with E-state index in [9.17, 15) is 22.8 Å². The van der Waals surface area contributed by atoms with Gasteiger partial charge in [0, 0.05) is 17.7 Å². The maximum absolute atomic E-state index is 12.3. The van der Waals surface area contributed by atoms with Crippen LogP contribution in [-0.2, 0) is 9.59 Å². The SMILES string of the molecule is CCCN(CC(F)(F)F)C(=O)C(C)=C(C)C(=O)O. The third-order valence-corrected chi connectivity index (χ3v) is 2.35. The lowest BCUT2D eigenvalue weighted by Gasteiger charge is -2.24. The molecule has 4 nitrogen and oxygen atoms in total. The molecule has 0 aliphatic heterocycles. The van der Waals surface area contributed by atoms with Crippen LogP contribution in [0.1, 0.15) is 27.2 Å². The maximum Gasteiger partial charge on any atom is 0.406 e. The first-order chi connectivity index (χ1) is 8.10. The molecule has 0 saturated heterocycles. The van der Waals surface area contributed by atoms with E-state index in [1.807, 2.05) is 0 Å². The fraction of sp³-hybridized carbons (Fsp3) is 0.636. The van der Waals surface area contributed by atoms with Gasteiger partial charge in [-0.1, -0.05) is 6.92 Å². The quantitative estimate of drug-likeness (QED) is 0.777. The van der Waals surface area contributed by atoms with Crippen molar-refractivity contribution < 1.29 is 27.9 Å². The Morgan fingerprint density at radius 3 is 2.00 bits per heavy atom. The molecule has 0 aliphatic rings. The Morgan fingerprint density at radius 1 is 1.17 bits per heavy atom. The zero-order chi connectivity index (χ0) is 14.5. The Kier molecular flexibility index (Phi) is 5.87. The molecule has 0 spiro atoms. The van der Waals surface area contributed by atoms with Gasteiger partial charge in [0.1, 0.15) is 6.54 Å². The molecule has 0 rings (SSSR count). The summed E-state index contributed by atoms with van der Waals surface area (Å²) in [5.41, 5.74) is -0.427. The summed E-state index contributed by atoms with van der Waals surface area (Å²) >= 11 is 0. The van der Waals surface area contributed by atoms with Crippen molar-refractivity contribution in [3.05, 3.63) is 11.1 Å². The van der Waals surface area contributed by atoms with Gasteiger partial charge in [0.05, 0.1) is 0 Å². The first-order valence-electron chi connectivity index (χ1n) is 5.37. The molecule has 0 radical (unpaired) electrons. The number of hydrogen-bond acceptors (Lipinski definition) is 2. The number of aliphatic carboxylic acids is 1. The van der Waals surface area contributed by atoms with Crippen LogP contribution in [0.5, 0.6) is 0 Å². The zero-order valence-corrected chi connectivity index (χ0v) is 10.5.